The van der Waals surface area contributed by atoms with Crippen molar-refractivity contribution >= 4 is 42.4 Å². The van der Waals surface area contributed by atoms with E-state index < -0.39 is 27.3 Å². The predicted molar refractivity (Wildman–Crippen MR) is 125 cm³/mol. The van der Waals surface area contributed by atoms with Crippen LogP contribution in [0.25, 0.3) is 10.2 Å². The van der Waals surface area contributed by atoms with Gasteiger partial charge >= 0.3 is 0 Å². The highest BCUT2D eigenvalue weighted by Gasteiger charge is 2.27. The smallest absolute Gasteiger partial charge is 0.244 e. The summed E-state index contributed by atoms with van der Waals surface area (Å²) in [7, 11) is -3.94. The Morgan fingerprint density at radius 1 is 1.00 bits per heavy atom. The van der Waals surface area contributed by atoms with Crippen molar-refractivity contribution in [2.24, 2.45) is 0 Å². The number of halogens is 1. The molecule has 3 aromatic carbocycles. The van der Waals surface area contributed by atoms with Gasteiger partial charge in [0.25, 0.3) is 0 Å². The minimum Gasteiger partial charge on any atom is -0.283 e. The monoisotopic (exact) mass is 468 g/mol. The number of sulfone groups is 1. The predicted octanol–water partition coefficient (Wildman–Crippen LogP) is 5.00. The van der Waals surface area contributed by atoms with E-state index in [1.807, 2.05) is 48.5 Å². The van der Waals surface area contributed by atoms with Crippen molar-refractivity contribution in [2.75, 3.05) is 10.7 Å². The first-order valence-electron chi connectivity index (χ1n) is 10.1. The second-order valence-corrected chi connectivity index (χ2v) is 10.3. The van der Waals surface area contributed by atoms with Gasteiger partial charge in [0.2, 0.25) is 5.91 Å². The summed E-state index contributed by atoms with van der Waals surface area (Å²) < 4.78 is 39.8. The molecule has 0 aliphatic carbocycles. The number of carbonyl (C=O) groups is 1. The molecule has 0 bridgehead atoms. The van der Waals surface area contributed by atoms with Gasteiger partial charge in [0.15, 0.2) is 15.0 Å². The lowest BCUT2D eigenvalue weighted by Gasteiger charge is -2.20. The molecule has 0 saturated heterocycles. The summed E-state index contributed by atoms with van der Waals surface area (Å²) in [4.78, 5) is 19.2. The van der Waals surface area contributed by atoms with Gasteiger partial charge in [-0.25, -0.2) is 17.8 Å². The first kappa shape index (κ1) is 22.1. The number of hydrogen-bond donors (Lipinski definition) is 0. The van der Waals surface area contributed by atoms with Gasteiger partial charge in [-0.2, -0.15) is 0 Å². The van der Waals surface area contributed by atoms with Gasteiger partial charge in [0.05, 0.1) is 21.7 Å². The molecule has 0 spiro atoms. The SMILES string of the molecule is CCc1ccc2nc(N(Cc3ccccc3)C(=O)CS(=O)(=O)c3ccc(F)cc3)sc2c1. The minimum absolute atomic E-state index is 0.0937. The number of rotatable bonds is 7. The molecule has 1 aromatic heterocycles. The van der Waals surface area contributed by atoms with E-state index >= 15 is 0 Å². The summed E-state index contributed by atoms with van der Waals surface area (Å²) in [5.41, 5.74) is 2.77. The summed E-state index contributed by atoms with van der Waals surface area (Å²) in [6, 6.07) is 19.8. The normalized spacial score (nSPS) is 11.6. The Labute approximate surface area is 190 Å². The molecule has 0 aliphatic rings. The standard InChI is InChI=1S/C24H21FN2O3S2/c1-2-17-8-13-21-22(14-17)31-24(26-21)27(15-18-6-4-3-5-7-18)23(28)16-32(29,30)20-11-9-19(25)10-12-20/h3-14H,2,15-16H2,1H3. The number of fused-ring (bicyclic) bond motifs is 1. The molecular formula is C24H21FN2O3S2. The van der Waals surface area contributed by atoms with Crippen LogP contribution >= 0.6 is 11.3 Å². The number of nitrogens with zero attached hydrogens (tertiary/aromatic N) is 2. The molecular weight excluding hydrogens is 447 g/mol. The van der Waals surface area contributed by atoms with E-state index in [1.165, 1.54) is 28.4 Å². The summed E-state index contributed by atoms with van der Waals surface area (Å²) >= 11 is 1.36. The van der Waals surface area contributed by atoms with Crippen LogP contribution in [0, 0.1) is 5.82 Å². The van der Waals surface area contributed by atoms with Crippen LogP contribution in [0.5, 0.6) is 0 Å². The molecule has 0 unspecified atom stereocenters. The first-order valence-corrected chi connectivity index (χ1v) is 12.5. The number of anilines is 1. The molecule has 1 heterocycles. The molecule has 1 amide bonds. The van der Waals surface area contributed by atoms with Crippen molar-refractivity contribution in [1.29, 1.82) is 0 Å². The summed E-state index contributed by atoms with van der Waals surface area (Å²) in [5.74, 6) is -1.86. The second kappa shape index (κ2) is 9.18. The Bertz CT molecular complexity index is 1350. The molecule has 164 valence electrons. The maximum absolute atomic E-state index is 13.2. The van der Waals surface area contributed by atoms with Gasteiger partial charge in [0, 0.05) is 0 Å². The van der Waals surface area contributed by atoms with E-state index in [0.29, 0.717) is 5.13 Å². The van der Waals surface area contributed by atoms with Gasteiger partial charge in [-0.1, -0.05) is 54.7 Å². The van der Waals surface area contributed by atoms with Gasteiger partial charge < -0.3 is 0 Å². The third-order valence-corrected chi connectivity index (χ3v) is 7.71. The maximum atomic E-state index is 13.2. The number of carbonyl (C=O) groups excluding carboxylic acids is 1. The molecule has 0 saturated carbocycles. The fourth-order valence-electron chi connectivity index (χ4n) is 3.29. The molecule has 0 aliphatic heterocycles. The average molecular weight is 469 g/mol. The number of thiazole rings is 1. The number of aryl methyl sites for hydroxylation is 1. The lowest BCUT2D eigenvalue weighted by Crippen LogP contribution is -2.35. The molecule has 5 nitrogen and oxygen atoms in total. The van der Waals surface area contributed by atoms with Crippen LogP contribution in [0.15, 0.2) is 77.7 Å². The Morgan fingerprint density at radius 2 is 1.72 bits per heavy atom. The van der Waals surface area contributed by atoms with Crippen LogP contribution < -0.4 is 4.90 Å². The lowest BCUT2D eigenvalue weighted by molar-refractivity contribution is -0.116. The minimum atomic E-state index is -3.94. The van der Waals surface area contributed by atoms with Crippen molar-refractivity contribution in [2.45, 2.75) is 24.8 Å². The third-order valence-electron chi connectivity index (χ3n) is 5.05. The molecule has 0 radical (unpaired) electrons. The fraction of sp³-hybridized carbons (Fsp3) is 0.167. The summed E-state index contributed by atoms with van der Waals surface area (Å²) in [6.07, 6.45) is 0.881. The van der Waals surface area contributed by atoms with Crippen molar-refractivity contribution in [3.8, 4) is 0 Å². The second-order valence-electron chi connectivity index (χ2n) is 7.33. The van der Waals surface area contributed by atoms with Crippen molar-refractivity contribution < 1.29 is 17.6 Å². The Kier molecular flexibility index (Phi) is 6.34. The van der Waals surface area contributed by atoms with Crippen LogP contribution in [0.3, 0.4) is 0 Å². The highest BCUT2D eigenvalue weighted by molar-refractivity contribution is 7.92. The van der Waals surface area contributed by atoms with Crippen molar-refractivity contribution in [3.63, 3.8) is 0 Å². The van der Waals surface area contributed by atoms with Crippen LogP contribution in [-0.2, 0) is 27.6 Å². The molecule has 4 aromatic rings. The lowest BCUT2D eigenvalue weighted by atomic mass is 10.2. The highest BCUT2D eigenvalue weighted by atomic mass is 32.2. The Morgan fingerprint density at radius 3 is 2.41 bits per heavy atom. The molecule has 0 fully saturated rings. The Balaban J connectivity index is 1.69. The van der Waals surface area contributed by atoms with Crippen LogP contribution in [0.1, 0.15) is 18.1 Å². The van der Waals surface area contributed by atoms with Gasteiger partial charge in [-0.15, -0.1) is 0 Å². The number of benzene rings is 3. The van der Waals surface area contributed by atoms with Gasteiger partial charge in [-0.05, 0) is 53.9 Å². The average Bonchev–Trinajstić information content (AvgIpc) is 3.21. The summed E-state index contributed by atoms with van der Waals surface area (Å²) in [5, 5.41) is 0.441. The highest BCUT2D eigenvalue weighted by Crippen LogP contribution is 2.31. The van der Waals surface area contributed by atoms with E-state index in [0.717, 1.165) is 39.9 Å². The van der Waals surface area contributed by atoms with Gasteiger partial charge in [-0.3, -0.25) is 9.69 Å². The third kappa shape index (κ3) is 4.87. The number of aromatic nitrogens is 1. The molecule has 0 atom stereocenters. The quantitative estimate of drug-likeness (QED) is 0.358. The van der Waals surface area contributed by atoms with Crippen molar-refractivity contribution in [3.05, 3.63) is 89.7 Å². The Hall–Kier alpha value is -3.10. The largest absolute Gasteiger partial charge is 0.283 e. The number of amides is 1. The zero-order valence-corrected chi connectivity index (χ0v) is 19.0. The maximum Gasteiger partial charge on any atom is 0.244 e. The van der Waals surface area contributed by atoms with E-state index in [-0.39, 0.29) is 11.4 Å². The summed E-state index contributed by atoms with van der Waals surface area (Å²) in [6.45, 7) is 2.26. The fourth-order valence-corrected chi connectivity index (χ4v) is 5.53. The van der Waals surface area contributed by atoms with Crippen molar-refractivity contribution in [1.82, 2.24) is 4.98 Å². The molecule has 4 rings (SSSR count). The first-order chi connectivity index (χ1) is 15.4. The number of hydrogen-bond acceptors (Lipinski definition) is 5. The zero-order chi connectivity index (χ0) is 22.7. The van der Waals surface area contributed by atoms with Crippen LogP contribution in [0.2, 0.25) is 0 Å². The topological polar surface area (TPSA) is 67.3 Å². The van der Waals surface area contributed by atoms with E-state index in [1.54, 1.807) is 0 Å². The van der Waals surface area contributed by atoms with E-state index in [2.05, 4.69) is 11.9 Å². The molecule has 32 heavy (non-hydrogen) atoms. The van der Waals surface area contributed by atoms with Crippen LogP contribution in [-0.4, -0.2) is 25.1 Å². The molecule has 8 heteroatoms. The zero-order valence-electron chi connectivity index (χ0n) is 17.4. The van der Waals surface area contributed by atoms with E-state index in [9.17, 15) is 17.6 Å². The van der Waals surface area contributed by atoms with Crippen LogP contribution in [0.4, 0.5) is 9.52 Å². The van der Waals surface area contributed by atoms with E-state index in [4.69, 9.17) is 0 Å². The molecule has 0 N–H and O–H groups in total. The van der Waals surface area contributed by atoms with Gasteiger partial charge in [0.1, 0.15) is 11.6 Å².